The summed E-state index contributed by atoms with van der Waals surface area (Å²) in [6, 6.07) is 10.1. The van der Waals surface area contributed by atoms with Crippen molar-refractivity contribution in [3.8, 4) is 5.75 Å². The van der Waals surface area contributed by atoms with Gasteiger partial charge in [-0.15, -0.1) is 11.3 Å². The van der Waals surface area contributed by atoms with Gasteiger partial charge in [-0.05, 0) is 50.2 Å². The SMILES string of the molecule is CN1CCC(Oc2cc(Br)cc3ncnc(Nc4ccc5ncsc5c4)c23)CC1. The number of thiazole rings is 1. The zero-order valence-corrected chi connectivity index (χ0v) is 18.3. The summed E-state index contributed by atoms with van der Waals surface area (Å²) in [5.41, 5.74) is 4.68. The van der Waals surface area contributed by atoms with Gasteiger partial charge >= 0.3 is 0 Å². The summed E-state index contributed by atoms with van der Waals surface area (Å²) >= 11 is 5.22. The van der Waals surface area contributed by atoms with Crippen LogP contribution in [0.4, 0.5) is 11.5 Å². The lowest BCUT2D eigenvalue weighted by atomic mass is 10.1. The Hall–Kier alpha value is -2.29. The van der Waals surface area contributed by atoms with Crippen molar-refractivity contribution in [2.45, 2.75) is 18.9 Å². The average molecular weight is 470 g/mol. The lowest BCUT2D eigenvalue weighted by Crippen LogP contribution is -2.35. The molecule has 0 radical (unpaired) electrons. The molecule has 3 heterocycles. The minimum absolute atomic E-state index is 0.199. The van der Waals surface area contributed by atoms with Crippen LogP contribution in [0.3, 0.4) is 0 Å². The van der Waals surface area contributed by atoms with Crippen molar-refractivity contribution in [3.05, 3.63) is 46.6 Å². The van der Waals surface area contributed by atoms with Gasteiger partial charge in [0.05, 0.1) is 26.6 Å². The Balaban J connectivity index is 1.52. The second-order valence-electron chi connectivity index (χ2n) is 7.30. The molecule has 0 spiro atoms. The third-order valence-electron chi connectivity index (χ3n) is 5.22. The predicted molar refractivity (Wildman–Crippen MR) is 121 cm³/mol. The zero-order chi connectivity index (χ0) is 19.8. The normalized spacial score (nSPS) is 15.8. The van der Waals surface area contributed by atoms with Crippen LogP contribution in [0.15, 0.2) is 46.6 Å². The van der Waals surface area contributed by atoms with Crippen LogP contribution in [0.25, 0.3) is 21.1 Å². The van der Waals surface area contributed by atoms with Gasteiger partial charge in [-0.25, -0.2) is 15.0 Å². The first kappa shape index (κ1) is 18.7. The van der Waals surface area contributed by atoms with Crippen LogP contribution in [0.2, 0.25) is 0 Å². The number of halogens is 1. The first-order chi connectivity index (χ1) is 14.2. The third kappa shape index (κ3) is 3.92. The highest BCUT2D eigenvalue weighted by Gasteiger charge is 2.21. The maximum atomic E-state index is 6.45. The van der Waals surface area contributed by atoms with E-state index in [1.54, 1.807) is 17.7 Å². The molecule has 0 saturated carbocycles. The molecule has 1 aliphatic heterocycles. The Labute approximate surface area is 181 Å². The van der Waals surface area contributed by atoms with Crippen molar-refractivity contribution in [2.75, 3.05) is 25.5 Å². The Morgan fingerprint density at radius 1 is 1.10 bits per heavy atom. The fourth-order valence-corrected chi connectivity index (χ4v) is 4.80. The standard InChI is InChI=1S/C21H20BrN5OS/c1-27-6-4-15(5-7-27)28-18-9-13(22)8-17-20(18)21(24-11-23-17)26-14-2-3-16-19(10-14)29-12-25-16/h2-3,8-12,15H,4-7H2,1H3,(H,23,24,26). The zero-order valence-electron chi connectivity index (χ0n) is 15.9. The smallest absolute Gasteiger partial charge is 0.145 e. The number of hydrogen-bond acceptors (Lipinski definition) is 7. The lowest BCUT2D eigenvalue weighted by molar-refractivity contribution is 0.115. The van der Waals surface area contributed by atoms with Crippen LogP contribution in [0, 0.1) is 0 Å². The largest absolute Gasteiger partial charge is 0.489 e. The van der Waals surface area contributed by atoms with Gasteiger partial charge in [0.15, 0.2) is 0 Å². The number of fused-ring (bicyclic) bond motifs is 2. The molecule has 0 bridgehead atoms. The molecular formula is C21H20BrN5OS. The van der Waals surface area contributed by atoms with E-state index in [1.807, 2.05) is 29.8 Å². The van der Waals surface area contributed by atoms with Gasteiger partial charge in [-0.3, -0.25) is 0 Å². The van der Waals surface area contributed by atoms with Crippen LogP contribution in [-0.4, -0.2) is 46.1 Å². The Kier molecular flexibility index (Phi) is 5.07. The molecule has 1 aliphatic rings. The maximum Gasteiger partial charge on any atom is 0.145 e. The molecule has 0 unspecified atom stereocenters. The monoisotopic (exact) mass is 469 g/mol. The first-order valence-electron chi connectivity index (χ1n) is 9.55. The van der Waals surface area contributed by atoms with E-state index in [-0.39, 0.29) is 6.10 Å². The number of hydrogen-bond donors (Lipinski definition) is 1. The van der Waals surface area contributed by atoms with Crippen molar-refractivity contribution in [1.29, 1.82) is 0 Å². The molecule has 1 fully saturated rings. The summed E-state index contributed by atoms with van der Waals surface area (Å²) in [7, 11) is 2.15. The Bertz CT molecular complexity index is 1170. The van der Waals surface area contributed by atoms with Crippen molar-refractivity contribution in [2.24, 2.45) is 0 Å². The number of ether oxygens (including phenoxy) is 1. The number of piperidine rings is 1. The average Bonchev–Trinajstić information content (AvgIpc) is 3.17. The molecule has 2 aromatic heterocycles. The molecule has 0 aliphatic carbocycles. The highest BCUT2D eigenvalue weighted by Crippen LogP contribution is 2.36. The molecule has 1 N–H and O–H groups in total. The number of nitrogens with zero attached hydrogens (tertiary/aromatic N) is 4. The molecule has 8 heteroatoms. The second-order valence-corrected chi connectivity index (χ2v) is 9.10. The maximum absolute atomic E-state index is 6.45. The van der Waals surface area contributed by atoms with E-state index in [0.29, 0.717) is 0 Å². The van der Waals surface area contributed by atoms with Crippen molar-refractivity contribution >= 4 is 59.9 Å². The first-order valence-corrected chi connectivity index (χ1v) is 11.2. The van der Waals surface area contributed by atoms with E-state index in [9.17, 15) is 0 Å². The highest BCUT2D eigenvalue weighted by atomic mass is 79.9. The highest BCUT2D eigenvalue weighted by molar-refractivity contribution is 9.10. The van der Waals surface area contributed by atoms with Crippen molar-refractivity contribution in [3.63, 3.8) is 0 Å². The number of aromatic nitrogens is 3. The Morgan fingerprint density at radius 2 is 1.97 bits per heavy atom. The van der Waals surface area contributed by atoms with Gasteiger partial charge in [-0.1, -0.05) is 15.9 Å². The summed E-state index contributed by atoms with van der Waals surface area (Å²) in [6.07, 6.45) is 3.82. The molecule has 0 atom stereocenters. The van der Waals surface area contributed by atoms with E-state index in [4.69, 9.17) is 4.74 Å². The van der Waals surface area contributed by atoms with Gasteiger partial charge in [0.25, 0.3) is 0 Å². The summed E-state index contributed by atoms with van der Waals surface area (Å²) < 4.78 is 8.54. The summed E-state index contributed by atoms with van der Waals surface area (Å²) in [5, 5.41) is 4.36. The Morgan fingerprint density at radius 3 is 2.83 bits per heavy atom. The minimum atomic E-state index is 0.199. The molecule has 0 amide bonds. The van der Waals surface area contributed by atoms with Gasteiger partial charge in [0, 0.05) is 23.2 Å². The molecule has 148 valence electrons. The van der Waals surface area contributed by atoms with Gasteiger partial charge in [0.1, 0.15) is 24.0 Å². The summed E-state index contributed by atoms with van der Waals surface area (Å²) in [5.74, 6) is 1.56. The minimum Gasteiger partial charge on any atom is -0.489 e. The molecule has 1 saturated heterocycles. The van der Waals surface area contributed by atoms with Crippen molar-refractivity contribution < 1.29 is 4.74 Å². The topological polar surface area (TPSA) is 63.2 Å². The lowest BCUT2D eigenvalue weighted by Gasteiger charge is -2.29. The van der Waals surface area contributed by atoms with E-state index in [1.165, 1.54) is 0 Å². The number of likely N-dealkylation sites (tertiary alicyclic amines) is 1. The van der Waals surface area contributed by atoms with Crippen molar-refractivity contribution in [1.82, 2.24) is 19.9 Å². The molecule has 2 aromatic carbocycles. The van der Waals surface area contributed by atoms with E-state index in [0.717, 1.165) is 68.8 Å². The van der Waals surface area contributed by atoms with Gasteiger partial charge in [0.2, 0.25) is 0 Å². The predicted octanol–water partition coefficient (Wildman–Crippen LogP) is 5.22. The molecule has 29 heavy (non-hydrogen) atoms. The number of rotatable bonds is 4. The molecule has 4 aromatic rings. The molecular weight excluding hydrogens is 450 g/mol. The number of nitrogens with one attached hydrogen (secondary N) is 1. The van der Waals surface area contributed by atoms with Gasteiger partial charge in [-0.2, -0.15) is 0 Å². The number of benzene rings is 2. The molecule has 5 rings (SSSR count). The van der Waals surface area contributed by atoms with Crippen LogP contribution < -0.4 is 10.1 Å². The third-order valence-corrected chi connectivity index (χ3v) is 6.47. The summed E-state index contributed by atoms with van der Waals surface area (Å²) in [4.78, 5) is 15.7. The van der Waals surface area contributed by atoms with Crippen LogP contribution in [0.1, 0.15) is 12.8 Å². The van der Waals surface area contributed by atoms with Gasteiger partial charge < -0.3 is 15.0 Å². The van der Waals surface area contributed by atoms with E-state index < -0.39 is 0 Å². The summed E-state index contributed by atoms with van der Waals surface area (Å²) in [6.45, 7) is 2.10. The van der Waals surface area contributed by atoms with Crippen LogP contribution in [0.5, 0.6) is 5.75 Å². The second kappa shape index (κ2) is 7.85. The number of anilines is 2. The van der Waals surface area contributed by atoms with Crippen LogP contribution >= 0.6 is 27.3 Å². The van der Waals surface area contributed by atoms with Crippen LogP contribution in [-0.2, 0) is 0 Å². The quantitative estimate of drug-likeness (QED) is 0.442. The molecule has 6 nitrogen and oxygen atoms in total. The van der Waals surface area contributed by atoms with E-state index >= 15 is 0 Å². The fraction of sp³-hybridized carbons (Fsp3) is 0.286. The van der Waals surface area contributed by atoms with E-state index in [2.05, 4.69) is 54.2 Å². The fourth-order valence-electron chi connectivity index (χ4n) is 3.66.